The molecule has 1 N–H and O–H groups in total. The molecule has 0 radical (unpaired) electrons. The number of carbonyl (C=O) groups is 2. The molecular formula is C23H28Cl3N3O4S. The van der Waals surface area contributed by atoms with Crippen molar-refractivity contribution < 1.29 is 18.0 Å². The molecule has 0 saturated heterocycles. The average molecular weight is 549 g/mol. The Morgan fingerprint density at radius 3 is 2.12 bits per heavy atom. The molecule has 2 aromatic carbocycles. The molecule has 0 spiro atoms. The van der Waals surface area contributed by atoms with Crippen LogP contribution in [0.2, 0.25) is 15.1 Å². The molecule has 0 aliphatic rings. The Kier molecular flexibility index (Phi) is 10.1. The van der Waals surface area contributed by atoms with Gasteiger partial charge in [-0.3, -0.25) is 13.9 Å². The molecule has 2 aromatic rings. The summed E-state index contributed by atoms with van der Waals surface area (Å²) in [5.74, 6) is -0.912. The fraction of sp³-hybridized carbons (Fsp3) is 0.391. The largest absolute Gasteiger partial charge is 0.352 e. The van der Waals surface area contributed by atoms with Gasteiger partial charge < -0.3 is 10.2 Å². The highest BCUT2D eigenvalue weighted by atomic mass is 35.5. The molecule has 0 fully saturated rings. The molecule has 186 valence electrons. The van der Waals surface area contributed by atoms with Crippen LogP contribution >= 0.6 is 34.8 Å². The molecule has 7 nitrogen and oxygen atoms in total. The first kappa shape index (κ1) is 28.2. The first-order valence-electron chi connectivity index (χ1n) is 10.6. The van der Waals surface area contributed by atoms with Crippen molar-refractivity contribution in [2.24, 2.45) is 0 Å². The van der Waals surface area contributed by atoms with Crippen LogP contribution in [0.5, 0.6) is 0 Å². The highest BCUT2D eigenvalue weighted by Crippen LogP contribution is 2.30. The van der Waals surface area contributed by atoms with E-state index in [0.717, 1.165) is 22.5 Å². The molecule has 2 atom stereocenters. The summed E-state index contributed by atoms with van der Waals surface area (Å²) >= 11 is 18.1. The van der Waals surface area contributed by atoms with Gasteiger partial charge in [-0.25, -0.2) is 8.42 Å². The lowest BCUT2D eigenvalue weighted by Crippen LogP contribution is -2.52. The molecule has 11 heteroatoms. The number of nitrogens with one attached hydrogen (secondary N) is 1. The third-order valence-corrected chi connectivity index (χ3v) is 7.21. The molecule has 0 bridgehead atoms. The van der Waals surface area contributed by atoms with E-state index in [1.54, 1.807) is 31.2 Å². The second-order valence-corrected chi connectivity index (χ2v) is 11.2. The second kappa shape index (κ2) is 12.1. The summed E-state index contributed by atoms with van der Waals surface area (Å²) in [6.45, 7) is 4.94. The lowest BCUT2D eigenvalue weighted by Gasteiger charge is -2.32. The summed E-state index contributed by atoms with van der Waals surface area (Å²) in [5.41, 5.74) is 0.849. The minimum absolute atomic E-state index is 0.0804. The van der Waals surface area contributed by atoms with E-state index < -0.39 is 28.5 Å². The maximum absolute atomic E-state index is 13.5. The van der Waals surface area contributed by atoms with Crippen LogP contribution in [0.1, 0.15) is 32.8 Å². The number of nitrogens with zero attached hydrogens (tertiary/aromatic N) is 2. The predicted octanol–water partition coefficient (Wildman–Crippen LogP) is 4.74. The maximum atomic E-state index is 13.5. The molecule has 2 rings (SSSR count). The molecular weight excluding hydrogens is 521 g/mol. The van der Waals surface area contributed by atoms with Crippen LogP contribution < -0.4 is 9.62 Å². The zero-order chi connectivity index (χ0) is 25.6. The predicted molar refractivity (Wildman–Crippen MR) is 138 cm³/mol. The Balaban J connectivity index is 2.41. The van der Waals surface area contributed by atoms with Crippen LogP contribution in [0.3, 0.4) is 0 Å². The minimum atomic E-state index is -3.89. The number of anilines is 1. The number of sulfonamides is 1. The standard InChI is InChI=1S/C23H28Cl3N3O4S/c1-5-15(2)27-23(31)16(3)28(13-17-6-8-18(24)9-7-17)22(30)14-29(34(4,32)33)21-11-10-19(25)12-20(21)26/h6-12,15-16H,5,13-14H2,1-4H3,(H,27,31)/t15-,16-/m1/s1. The molecule has 0 aromatic heterocycles. The number of halogens is 3. The van der Waals surface area contributed by atoms with E-state index in [9.17, 15) is 18.0 Å². The Bertz CT molecular complexity index is 1130. The maximum Gasteiger partial charge on any atom is 0.244 e. The summed E-state index contributed by atoms with van der Waals surface area (Å²) in [5, 5.41) is 3.81. The van der Waals surface area contributed by atoms with Crippen molar-refractivity contribution in [1.82, 2.24) is 10.2 Å². The van der Waals surface area contributed by atoms with Crippen molar-refractivity contribution in [2.75, 3.05) is 17.1 Å². The topological polar surface area (TPSA) is 86.8 Å². The number of amides is 2. The average Bonchev–Trinajstić information content (AvgIpc) is 2.76. The van der Waals surface area contributed by atoms with Crippen LogP contribution in [-0.2, 0) is 26.2 Å². The molecule has 0 heterocycles. The first-order valence-corrected chi connectivity index (χ1v) is 13.6. The van der Waals surface area contributed by atoms with Gasteiger partial charge in [0.2, 0.25) is 21.8 Å². The van der Waals surface area contributed by atoms with Gasteiger partial charge >= 0.3 is 0 Å². The van der Waals surface area contributed by atoms with Gasteiger partial charge in [-0.05, 0) is 56.2 Å². The SMILES string of the molecule is CC[C@@H](C)NC(=O)[C@@H](C)N(Cc1ccc(Cl)cc1)C(=O)CN(c1ccc(Cl)cc1Cl)S(C)(=O)=O. The van der Waals surface area contributed by atoms with Gasteiger partial charge in [-0.2, -0.15) is 0 Å². The zero-order valence-corrected chi connectivity index (χ0v) is 22.5. The van der Waals surface area contributed by atoms with Gasteiger partial charge in [0.05, 0.1) is 17.0 Å². The van der Waals surface area contributed by atoms with Crippen LogP contribution in [0, 0.1) is 0 Å². The summed E-state index contributed by atoms with van der Waals surface area (Å²) in [7, 11) is -3.89. The third-order valence-electron chi connectivity index (χ3n) is 5.29. The highest BCUT2D eigenvalue weighted by Gasteiger charge is 2.31. The quantitative estimate of drug-likeness (QED) is 0.464. The van der Waals surface area contributed by atoms with Crippen LogP contribution in [-0.4, -0.2) is 50.0 Å². The Labute approximate surface area is 216 Å². The summed E-state index contributed by atoms with van der Waals surface area (Å²) < 4.78 is 26.1. The molecule has 0 unspecified atom stereocenters. The van der Waals surface area contributed by atoms with Gasteiger partial charge in [-0.15, -0.1) is 0 Å². The number of benzene rings is 2. The molecule has 2 amide bonds. The number of rotatable bonds is 10. The first-order chi connectivity index (χ1) is 15.8. The highest BCUT2D eigenvalue weighted by molar-refractivity contribution is 7.92. The molecule has 0 aliphatic heterocycles. The summed E-state index contributed by atoms with van der Waals surface area (Å²) in [6.07, 6.45) is 1.70. The fourth-order valence-corrected chi connectivity index (χ4v) is 4.66. The molecule has 0 aliphatic carbocycles. The van der Waals surface area contributed by atoms with E-state index in [4.69, 9.17) is 34.8 Å². The van der Waals surface area contributed by atoms with Crippen molar-refractivity contribution in [3.05, 3.63) is 63.1 Å². The Hall–Kier alpha value is -2.00. The van der Waals surface area contributed by atoms with E-state index in [-0.39, 0.29) is 29.2 Å². The fourth-order valence-electron chi connectivity index (χ4n) is 3.11. The van der Waals surface area contributed by atoms with Crippen LogP contribution in [0.4, 0.5) is 5.69 Å². The van der Waals surface area contributed by atoms with Crippen LogP contribution in [0.15, 0.2) is 42.5 Å². The van der Waals surface area contributed by atoms with Crippen molar-refractivity contribution in [3.8, 4) is 0 Å². The lowest BCUT2D eigenvalue weighted by atomic mass is 10.1. The van der Waals surface area contributed by atoms with Crippen molar-refractivity contribution in [2.45, 2.75) is 45.8 Å². The third kappa shape index (κ3) is 7.77. The smallest absolute Gasteiger partial charge is 0.244 e. The number of carbonyl (C=O) groups excluding carboxylic acids is 2. The van der Waals surface area contributed by atoms with Gasteiger partial charge in [0, 0.05) is 22.6 Å². The monoisotopic (exact) mass is 547 g/mol. The van der Waals surface area contributed by atoms with Gasteiger partial charge in [0.15, 0.2) is 0 Å². The summed E-state index contributed by atoms with van der Waals surface area (Å²) in [4.78, 5) is 27.7. The van der Waals surface area contributed by atoms with E-state index in [0.29, 0.717) is 10.0 Å². The number of hydrogen-bond acceptors (Lipinski definition) is 4. The van der Waals surface area contributed by atoms with Gasteiger partial charge in [-0.1, -0.05) is 53.9 Å². The molecule has 34 heavy (non-hydrogen) atoms. The van der Waals surface area contributed by atoms with E-state index >= 15 is 0 Å². The lowest BCUT2D eigenvalue weighted by molar-refractivity contribution is -0.139. The Morgan fingerprint density at radius 1 is 1.00 bits per heavy atom. The van der Waals surface area contributed by atoms with E-state index in [1.165, 1.54) is 23.1 Å². The van der Waals surface area contributed by atoms with Crippen molar-refractivity contribution in [1.29, 1.82) is 0 Å². The summed E-state index contributed by atoms with van der Waals surface area (Å²) in [6, 6.07) is 10.2. The van der Waals surface area contributed by atoms with Gasteiger partial charge in [0.25, 0.3) is 0 Å². The Morgan fingerprint density at radius 2 is 1.59 bits per heavy atom. The molecule has 0 saturated carbocycles. The van der Waals surface area contributed by atoms with Crippen molar-refractivity contribution in [3.63, 3.8) is 0 Å². The van der Waals surface area contributed by atoms with Crippen LogP contribution in [0.25, 0.3) is 0 Å². The van der Waals surface area contributed by atoms with E-state index in [2.05, 4.69) is 5.32 Å². The number of hydrogen-bond donors (Lipinski definition) is 1. The normalized spacial score (nSPS) is 13.1. The zero-order valence-electron chi connectivity index (χ0n) is 19.4. The van der Waals surface area contributed by atoms with Crippen molar-refractivity contribution >= 4 is 62.3 Å². The van der Waals surface area contributed by atoms with Gasteiger partial charge in [0.1, 0.15) is 12.6 Å². The minimum Gasteiger partial charge on any atom is -0.352 e. The van der Waals surface area contributed by atoms with E-state index in [1.807, 2.05) is 13.8 Å². The second-order valence-electron chi connectivity index (χ2n) is 8.01.